The summed E-state index contributed by atoms with van der Waals surface area (Å²) in [5, 5.41) is 22.1. The second kappa shape index (κ2) is 9.20. The standard InChI is InChI=1S/C25H32N4O3/c1-15(2)9-22-20-11-21(24(30)12-23(20)28-27-22)25(31)29-13-17-5-6-19(10-18(17)14-29)32-8-7-26-16(3)4/h5-6,10-12,15-16,26,30H,7-9,13-14H2,1-4H3,(H,27,28). The largest absolute Gasteiger partial charge is 0.507 e. The van der Waals surface area contributed by atoms with Crippen molar-refractivity contribution in [1.82, 2.24) is 20.4 Å². The van der Waals surface area contributed by atoms with Crippen molar-refractivity contribution in [3.63, 3.8) is 0 Å². The number of nitrogens with zero attached hydrogens (tertiary/aromatic N) is 2. The van der Waals surface area contributed by atoms with Crippen LogP contribution < -0.4 is 10.1 Å². The number of aromatic amines is 1. The molecule has 0 unspecified atom stereocenters. The van der Waals surface area contributed by atoms with Crippen LogP contribution >= 0.6 is 0 Å². The molecule has 7 heteroatoms. The van der Waals surface area contributed by atoms with Gasteiger partial charge < -0.3 is 20.1 Å². The highest BCUT2D eigenvalue weighted by Crippen LogP contribution is 2.32. The number of phenolic OH excluding ortho intramolecular Hbond substituents is 1. The van der Waals surface area contributed by atoms with Crippen LogP contribution in [0.2, 0.25) is 0 Å². The van der Waals surface area contributed by atoms with Crippen molar-refractivity contribution < 1.29 is 14.6 Å². The quantitative estimate of drug-likeness (QED) is 0.465. The van der Waals surface area contributed by atoms with Gasteiger partial charge in [-0.05, 0) is 41.7 Å². The summed E-state index contributed by atoms with van der Waals surface area (Å²) in [5.41, 5.74) is 4.16. The smallest absolute Gasteiger partial charge is 0.258 e. The number of fused-ring (bicyclic) bond motifs is 2. The molecule has 3 aromatic rings. The summed E-state index contributed by atoms with van der Waals surface area (Å²) in [6.45, 7) is 10.9. The van der Waals surface area contributed by atoms with Gasteiger partial charge in [0.25, 0.3) is 5.91 Å². The predicted octanol–water partition coefficient (Wildman–Crippen LogP) is 4.00. The minimum absolute atomic E-state index is 0.0279. The van der Waals surface area contributed by atoms with Gasteiger partial charge in [-0.25, -0.2) is 0 Å². The fourth-order valence-corrected chi connectivity index (χ4v) is 4.11. The monoisotopic (exact) mass is 436 g/mol. The number of hydrogen-bond donors (Lipinski definition) is 3. The van der Waals surface area contributed by atoms with E-state index in [1.165, 1.54) is 0 Å². The lowest BCUT2D eigenvalue weighted by atomic mass is 10.0. The van der Waals surface area contributed by atoms with Gasteiger partial charge in [0.15, 0.2) is 0 Å². The molecule has 1 amide bonds. The lowest BCUT2D eigenvalue weighted by Gasteiger charge is -2.16. The van der Waals surface area contributed by atoms with Crippen molar-refractivity contribution in [2.45, 2.75) is 53.2 Å². The van der Waals surface area contributed by atoms with Gasteiger partial charge in [0.2, 0.25) is 0 Å². The Morgan fingerprint density at radius 3 is 2.72 bits per heavy atom. The lowest BCUT2D eigenvalue weighted by Crippen LogP contribution is -2.27. The van der Waals surface area contributed by atoms with Crippen molar-refractivity contribution in [2.24, 2.45) is 5.92 Å². The van der Waals surface area contributed by atoms with E-state index in [0.29, 0.717) is 37.2 Å². The topological polar surface area (TPSA) is 90.5 Å². The maximum Gasteiger partial charge on any atom is 0.258 e. The van der Waals surface area contributed by atoms with Crippen molar-refractivity contribution in [2.75, 3.05) is 13.2 Å². The molecule has 4 rings (SSSR count). The molecule has 0 saturated carbocycles. The van der Waals surface area contributed by atoms with Crippen LogP contribution in [0.1, 0.15) is 54.9 Å². The number of phenols is 1. The molecule has 1 aliphatic rings. The van der Waals surface area contributed by atoms with Crippen molar-refractivity contribution in [3.05, 3.63) is 52.7 Å². The molecule has 7 nitrogen and oxygen atoms in total. The van der Waals surface area contributed by atoms with E-state index in [-0.39, 0.29) is 11.7 Å². The molecule has 0 radical (unpaired) electrons. The Kier molecular flexibility index (Phi) is 6.37. The molecule has 0 atom stereocenters. The summed E-state index contributed by atoms with van der Waals surface area (Å²) in [7, 11) is 0. The highest BCUT2D eigenvalue weighted by Gasteiger charge is 2.27. The molecule has 0 bridgehead atoms. The van der Waals surface area contributed by atoms with Crippen LogP contribution in [-0.2, 0) is 19.5 Å². The second-order valence-corrected chi connectivity index (χ2v) is 9.23. The van der Waals surface area contributed by atoms with E-state index >= 15 is 0 Å². The zero-order valence-electron chi connectivity index (χ0n) is 19.2. The second-order valence-electron chi connectivity index (χ2n) is 9.23. The first-order valence-corrected chi connectivity index (χ1v) is 11.3. The van der Waals surface area contributed by atoms with Gasteiger partial charge in [-0.3, -0.25) is 9.89 Å². The molecule has 1 aromatic heterocycles. The predicted molar refractivity (Wildman–Crippen MR) is 125 cm³/mol. The molecule has 0 saturated heterocycles. The Bertz CT molecular complexity index is 1120. The minimum Gasteiger partial charge on any atom is -0.507 e. The molecule has 1 aliphatic heterocycles. The van der Waals surface area contributed by atoms with Crippen molar-refractivity contribution in [3.8, 4) is 11.5 Å². The molecule has 0 spiro atoms. The van der Waals surface area contributed by atoms with Crippen LogP contribution in [0.15, 0.2) is 30.3 Å². The van der Waals surface area contributed by atoms with Crippen LogP contribution in [0.5, 0.6) is 11.5 Å². The maximum atomic E-state index is 13.3. The molecular weight excluding hydrogens is 404 g/mol. The number of aromatic hydroxyl groups is 1. The Balaban J connectivity index is 1.48. The number of amides is 1. The number of rotatable bonds is 8. The zero-order chi connectivity index (χ0) is 22.8. The van der Waals surface area contributed by atoms with Crippen LogP contribution in [0.4, 0.5) is 0 Å². The van der Waals surface area contributed by atoms with Gasteiger partial charge in [-0.1, -0.05) is 33.8 Å². The fourth-order valence-electron chi connectivity index (χ4n) is 4.11. The summed E-state index contributed by atoms with van der Waals surface area (Å²) in [4.78, 5) is 15.1. The summed E-state index contributed by atoms with van der Waals surface area (Å²) in [6, 6.07) is 9.78. The Hall–Kier alpha value is -3.06. The number of benzene rings is 2. The highest BCUT2D eigenvalue weighted by molar-refractivity contribution is 6.01. The molecule has 0 fully saturated rings. The zero-order valence-corrected chi connectivity index (χ0v) is 19.2. The Morgan fingerprint density at radius 1 is 1.19 bits per heavy atom. The van der Waals surface area contributed by atoms with Gasteiger partial charge in [-0.2, -0.15) is 5.10 Å². The molecule has 170 valence electrons. The molecule has 32 heavy (non-hydrogen) atoms. The van der Waals surface area contributed by atoms with Crippen molar-refractivity contribution in [1.29, 1.82) is 0 Å². The average molecular weight is 437 g/mol. The van der Waals surface area contributed by atoms with E-state index in [9.17, 15) is 9.90 Å². The van der Waals surface area contributed by atoms with E-state index in [0.717, 1.165) is 46.4 Å². The number of carbonyl (C=O) groups is 1. The molecule has 0 aliphatic carbocycles. The van der Waals surface area contributed by atoms with Crippen LogP contribution in [0.25, 0.3) is 10.9 Å². The van der Waals surface area contributed by atoms with Gasteiger partial charge >= 0.3 is 0 Å². The maximum absolute atomic E-state index is 13.3. The van der Waals surface area contributed by atoms with Crippen LogP contribution in [0.3, 0.4) is 0 Å². The summed E-state index contributed by atoms with van der Waals surface area (Å²) in [5.74, 6) is 1.05. The molecular formula is C25H32N4O3. The average Bonchev–Trinajstić information content (AvgIpc) is 3.33. The first-order valence-electron chi connectivity index (χ1n) is 11.3. The highest BCUT2D eigenvalue weighted by atomic mass is 16.5. The van der Waals surface area contributed by atoms with E-state index < -0.39 is 0 Å². The summed E-state index contributed by atoms with van der Waals surface area (Å²) in [6.07, 6.45) is 0.809. The normalized spacial score (nSPS) is 13.4. The SMILES string of the molecule is CC(C)Cc1n[nH]c2cc(O)c(C(=O)N3Cc4ccc(OCCNC(C)C)cc4C3)cc12. The Labute approximate surface area is 188 Å². The first-order chi connectivity index (χ1) is 15.3. The first kappa shape index (κ1) is 22.1. The summed E-state index contributed by atoms with van der Waals surface area (Å²) < 4.78 is 5.85. The third kappa shape index (κ3) is 4.72. The van der Waals surface area contributed by atoms with E-state index in [2.05, 4.69) is 43.2 Å². The number of ether oxygens (including phenoxy) is 1. The number of nitrogens with one attached hydrogen (secondary N) is 2. The van der Waals surface area contributed by atoms with E-state index in [1.807, 2.05) is 18.2 Å². The summed E-state index contributed by atoms with van der Waals surface area (Å²) >= 11 is 0. The molecule has 2 aromatic carbocycles. The van der Waals surface area contributed by atoms with Gasteiger partial charge in [0.1, 0.15) is 18.1 Å². The fraction of sp³-hybridized carbons (Fsp3) is 0.440. The van der Waals surface area contributed by atoms with Crippen LogP contribution in [0, 0.1) is 5.92 Å². The number of H-pyrrole nitrogens is 1. The third-order valence-electron chi connectivity index (χ3n) is 5.70. The minimum atomic E-state index is -0.180. The van der Waals surface area contributed by atoms with Gasteiger partial charge in [-0.15, -0.1) is 0 Å². The van der Waals surface area contributed by atoms with Gasteiger partial charge in [0, 0.05) is 37.1 Å². The van der Waals surface area contributed by atoms with Gasteiger partial charge in [0.05, 0.1) is 16.8 Å². The van der Waals surface area contributed by atoms with Crippen LogP contribution in [-0.4, -0.2) is 45.3 Å². The number of hydrogen-bond acceptors (Lipinski definition) is 5. The molecule has 3 N–H and O–H groups in total. The number of carbonyl (C=O) groups excluding carboxylic acids is 1. The third-order valence-corrected chi connectivity index (χ3v) is 5.70. The van der Waals surface area contributed by atoms with Crippen molar-refractivity contribution >= 4 is 16.8 Å². The molecule has 2 heterocycles. The van der Waals surface area contributed by atoms with E-state index in [4.69, 9.17) is 4.74 Å². The Morgan fingerprint density at radius 2 is 1.97 bits per heavy atom. The number of aromatic nitrogens is 2. The van der Waals surface area contributed by atoms with E-state index in [1.54, 1.807) is 17.0 Å². The lowest BCUT2D eigenvalue weighted by molar-refractivity contribution is 0.0748.